The Kier molecular flexibility index (Phi) is 15.8. The molecule has 1 heteroatoms. The molecular formula is C11H25N. The number of rotatable bonds is 6. The summed E-state index contributed by atoms with van der Waals surface area (Å²) in [5, 5.41) is 3.13. The van der Waals surface area contributed by atoms with Crippen molar-refractivity contribution in [3.05, 3.63) is 12.2 Å². The maximum Gasteiger partial charge on any atom is -0.00519 e. The minimum atomic E-state index is 1.15. The van der Waals surface area contributed by atoms with Gasteiger partial charge in [-0.2, -0.15) is 0 Å². The van der Waals surface area contributed by atoms with Crippen molar-refractivity contribution >= 4 is 0 Å². The quantitative estimate of drug-likeness (QED) is 0.477. The van der Waals surface area contributed by atoms with Crippen LogP contribution in [0.25, 0.3) is 0 Å². The predicted molar refractivity (Wildman–Crippen MR) is 58.6 cm³/mol. The van der Waals surface area contributed by atoms with E-state index in [-0.39, 0.29) is 0 Å². The minimum Gasteiger partial charge on any atom is -0.320 e. The maximum atomic E-state index is 3.86. The zero-order chi connectivity index (χ0) is 9.82. The predicted octanol–water partition coefficient (Wildman–Crippen LogP) is 3.37. The number of nitrogens with one attached hydrogen (secondary N) is 1. The van der Waals surface area contributed by atoms with Crippen LogP contribution in [0.1, 0.15) is 46.5 Å². The average Bonchev–Trinajstić information content (AvgIpc) is 2.07. The van der Waals surface area contributed by atoms with Crippen molar-refractivity contribution < 1.29 is 0 Å². The van der Waals surface area contributed by atoms with E-state index in [0.717, 1.165) is 6.54 Å². The van der Waals surface area contributed by atoms with Gasteiger partial charge in [0.05, 0.1) is 0 Å². The first-order valence-electron chi connectivity index (χ1n) is 5.06. The number of allylic oxidation sites excluding steroid dienone is 1. The van der Waals surface area contributed by atoms with E-state index in [1.54, 1.807) is 0 Å². The molecule has 0 heterocycles. The largest absolute Gasteiger partial charge is 0.320 e. The van der Waals surface area contributed by atoms with Crippen LogP contribution < -0.4 is 5.32 Å². The van der Waals surface area contributed by atoms with E-state index >= 15 is 0 Å². The molecule has 74 valence electrons. The van der Waals surface area contributed by atoms with E-state index in [4.69, 9.17) is 0 Å². The molecule has 0 aromatic carbocycles. The third-order valence-corrected chi connectivity index (χ3v) is 1.53. The van der Waals surface area contributed by atoms with Crippen molar-refractivity contribution in [2.24, 2.45) is 0 Å². The second-order valence-corrected chi connectivity index (χ2v) is 2.87. The van der Waals surface area contributed by atoms with Crippen LogP contribution in [-0.4, -0.2) is 13.6 Å². The van der Waals surface area contributed by atoms with Crippen LogP contribution in [0.15, 0.2) is 12.2 Å². The third-order valence-electron chi connectivity index (χ3n) is 1.53. The first-order valence-corrected chi connectivity index (χ1v) is 5.06. The summed E-state index contributed by atoms with van der Waals surface area (Å²) in [7, 11) is 2.00. The van der Waals surface area contributed by atoms with Crippen molar-refractivity contribution in [3.63, 3.8) is 0 Å². The van der Waals surface area contributed by atoms with Crippen molar-refractivity contribution in [2.75, 3.05) is 13.6 Å². The lowest BCUT2D eigenvalue weighted by atomic mass is 10.1. The molecule has 0 atom stereocenters. The molecule has 0 unspecified atom stereocenters. The molecule has 0 saturated heterocycles. The van der Waals surface area contributed by atoms with Gasteiger partial charge in [0.1, 0.15) is 0 Å². The van der Waals surface area contributed by atoms with Gasteiger partial charge in [0, 0.05) is 0 Å². The molecule has 0 aromatic heterocycles. The number of hydrogen-bond donors (Lipinski definition) is 1. The van der Waals surface area contributed by atoms with Crippen LogP contribution in [0.3, 0.4) is 0 Å². The molecule has 12 heavy (non-hydrogen) atoms. The third kappa shape index (κ3) is 16.4. The standard InChI is InChI=1S/C9H19N.C2H6/c1-9(2)7-5-4-6-8-10-3;1-2/h10H,1,4-8H2,2-3H3;1-2H3. The molecule has 0 aliphatic heterocycles. The van der Waals surface area contributed by atoms with E-state index in [2.05, 4.69) is 18.8 Å². The molecule has 0 aromatic rings. The summed E-state index contributed by atoms with van der Waals surface area (Å²) in [6, 6.07) is 0. The van der Waals surface area contributed by atoms with E-state index in [1.807, 2.05) is 20.9 Å². The highest BCUT2D eigenvalue weighted by Gasteiger charge is 1.88. The van der Waals surface area contributed by atoms with Crippen LogP contribution in [0.4, 0.5) is 0 Å². The SMILES string of the molecule is C=C(C)CCCCCNC.CC. The Morgan fingerprint density at radius 1 is 1.17 bits per heavy atom. The molecule has 1 nitrogen and oxygen atoms in total. The first kappa shape index (κ1) is 14.2. The molecule has 0 spiro atoms. The lowest BCUT2D eigenvalue weighted by Gasteiger charge is -1.99. The Morgan fingerprint density at radius 3 is 2.17 bits per heavy atom. The molecule has 0 fully saturated rings. The molecular weight excluding hydrogens is 146 g/mol. The summed E-state index contributed by atoms with van der Waals surface area (Å²) in [6.45, 7) is 11.1. The lowest BCUT2D eigenvalue weighted by Crippen LogP contribution is -2.06. The van der Waals surface area contributed by atoms with Gasteiger partial charge >= 0.3 is 0 Å². The monoisotopic (exact) mass is 171 g/mol. The topological polar surface area (TPSA) is 12.0 Å². The smallest absolute Gasteiger partial charge is 0.00519 e. The lowest BCUT2D eigenvalue weighted by molar-refractivity contribution is 0.641. The van der Waals surface area contributed by atoms with Crippen LogP contribution in [0.2, 0.25) is 0 Å². The van der Waals surface area contributed by atoms with Crippen molar-refractivity contribution in [3.8, 4) is 0 Å². The molecule has 0 radical (unpaired) electrons. The first-order chi connectivity index (χ1) is 5.77. The maximum absolute atomic E-state index is 3.86. The fourth-order valence-corrected chi connectivity index (χ4v) is 0.905. The molecule has 0 aliphatic carbocycles. The van der Waals surface area contributed by atoms with Gasteiger partial charge in [0.15, 0.2) is 0 Å². The summed E-state index contributed by atoms with van der Waals surface area (Å²) >= 11 is 0. The van der Waals surface area contributed by atoms with Crippen LogP contribution in [0, 0.1) is 0 Å². The van der Waals surface area contributed by atoms with Crippen LogP contribution >= 0.6 is 0 Å². The summed E-state index contributed by atoms with van der Waals surface area (Å²) < 4.78 is 0. The zero-order valence-electron chi connectivity index (χ0n) is 9.24. The molecule has 0 bridgehead atoms. The summed E-state index contributed by atoms with van der Waals surface area (Å²) in [6.07, 6.45) is 5.12. The number of unbranched alkanes of at least 4 members (excludes halogenated alkanes) is 2. The minimum absolute atomic E-state index is 1.15. The highest BCUT2D eigenvalue weighted by atomic mass is 14.8. The van der Waals surface area contributed by atoms with E-state index in [9.17, 15) is 0 Å². The fourth-order valence-electron chi connectivity index (χ4n) is 0.905. The van der Waals surface area contributed by atoms with Crippen molar-refractivity contribution in [2.45, 2.75) is 46.5 Å². The Morgan fingerprint density at radius 2 is 1.75 bits per heavy atom. The summed E-state index contributed by atoms with van der Waals surface area (Å²) in [5.41, 5.74) is 1.31. The van der Waals surface area contributed by atoms with Gasteiger partial charge in [-0.3, -0.25) is 0 Å². The van der Waals surface area contributed by atoms with Crippen LogP contribution in [-0.2, 0) is 0 Å². The van der Waals surface area contributed by atoms with Crippen molar-refractivity contribution in [1.29, 1.82) is 0 Å². The number of hydrogen-bond acceptors (Lipinski definition) is 1. The second kappa shape index (κ2) is 13.3. The highest BCUT2D eigenvalue weighted by molar-refractivity contribution is 4.86. The molecule has 0 saturated carbocycles. The summed E-state index contributed by atoms with van der Waals surface area (Å²) in [5.74, 6) is 0. The van der Waals surface area contributed by atoms with Gasteiger partial charge in [-0.05, 0) is 39.8 Å². The Balaban J connectivity index is 0. The van der Waals surface area contributed by atoms with Gasteiger partial charge in [0.25, 0.3) is 0 Å². The molecule has 0 aliphatic rings. The second-order valence-electron chi connectivity index (χ2n) is 2.87. The van der Waals surface area contributed by atoms with E-state index < -0.39 is 0 Å². The van der Waals surface area contributed by atoms with Crippen molar-refractivity contribution in [1.82, 2.24) is 5.32 Å². The van der Waals surface area contributed by atoms with Gasteiger partial charge < -0.3 is 5.32 Å². The normalized spacial score (nSPS) is 8.67. The van der Waals surface area contributed by atoms with Gasteiger partial charge in [-0.1, -0.05) is 25.8 Å². The molecule has 1 N–H and O–H groups in total. The Hall–Kier alpha value is -0.300. The Labute approximate surface area is 78.3 Å². The Bertz CT molecular complexity index is 87.0. The van der Waals surface area contributed by atoms with E-state index in [0.29, 0.717) is 0 Å². The molecule has 0 amide bonds. The van der Waals surface area contributed by atoms with E-state index in [1.165, 1.54) is 31.3 Å². The highest BCUT2D eigenvalue weighted by Crippen LogP contribution is 2.04. The molecule has 0 rings (SSSR count). The van der Waals surface area contributed by atoms with Crippen LogP contribution in [0.5, 0.6) is 0 Å². The van der Waals surface area contributed by atoms with Gasteiger partial charge in [-0.25, -0.2) is 0 Å². The average molecular weight is 171 g/mol. The van der Waals surface area contributed by atoms with Gasteiger partial charge in [0.2, 0.25) is 0 Å². The van der Waals surface area contributed by atoms with Gasteiger partial charge in [-0.15, -0.1) is 6.58 Å². The zero-order valence-corrected chi connectivity index (χ0v) is 9.24. The summed E-state index contributed by atoms with van der Waals surface area (Å²) in [4.78, 5) is 0. The fraction of sp³-hybridized carbons (Fsp3) is 0.818.